The second-order valence-corrected chi connectivity index (χ2v) is 6.73. The highest BCUT2D eigenvalue weighted by molar-refractivity contribution is 8.01. The Morgan fingerprint density at radius 3 is 2.62 bits per heavy atom. The normalized spacial score (nSPS) is 15.6. The molecule has 0 N–H and O–H groups in total. The van der Waals surface area contributed by atoms with Crippen LogP contribution in [0.4, 0.5) is 0 Å². The molecule has 24 heavy (non-hydrogen) atoms. The zero-order chi connectivity index (χ0) is 16.9. The van der Waals surface area contributed by atoms with E-state index in [0.29, 0.717) is 17.7 Å². The van der Waals surface area contributed by atoms with E-state index in [0.717, 1.165) is 4.90 Å². The molecule has 0 unspecified atom stereocenters. The number of carbonyl (C=O) groups excluding carboxylic acids is 2. The molecule has 0 aliphatic carbocycles. The number of para-hydroxylation sites is 1. The van der Waals surface area contributed by atoms with Crippen molar-refractivity contribution >= 4 is 23.5 Å². The largest absolute Gasteiger partial charge is 0.489 e. The van der Waals surface area contributed by atoms with Gasteiger partial charge in [0.25, 0.3) is 0 Å². The molecule has 0 spiro atoms. The van der Waals surface area contributed by atoms with Crippen LogP contribution in [0.3, 0.4) is 0 Å². The Labute approximate surface area is 145 Å². The number of benzene rings is 2. The minimum Gasteiger partial charge on any atom is -0.489 e. The minimum absolute atomic E-state index is 0.0530. The molecule has 2 aromatic rings. The molecular formula is C19H18O4S. The zero-order valence-electron chi connectivity index (χ0n) is 13.4. The summed E-state index contributed by atoms with van der Waals surface area (Å²) >= 11 is 1.55. The van der Waals surface area contributed by atoms with Gasteiger partial charge in [-0.25, -0.2) is 0 Å². The van der Waals surface area contributed by atoms with Crippen LogP contribution in [0.25, 0.3) is 0 Å². The van der Waals surface area contributed by atoms with Gasteiger partial charge in [0.15, 0.2) is 5.78 Å². The maximum absolute atomic E-state index is 12.1. The number of rotatable bonds is 6. The predicted molar refractivity (Wildman–Crippen MR) is 92.7 cm³/mol. The van der Waals surface area contributed by atoms with Crippen LogP contribution in [0.5, 0.6) is 5.75 Å². The van der Waals surface area contributed by atoms with Crippen molar-refractivity contribution in [2.24, 2.45) is 0 Å². The Bertz CT molecular complexity index is 732. The van der Waals surface area contributed by atoms with Crippen molar-refractivity contribution < 1.29 is 19.1 Å². The van der Waals surface area contributed by atoms with Crippen molar-refractivity contribution in [2.75, 3.05) is 13.2 Å². The average Bonchev–Trinajstić information content (AvgIpc) is 3.03. The Balaban J connectivity index is 1.46. The standard InChI is InChI=1S/C19H18O4S/c1-13(20)15-7-3-4-8-16(15)22-10-11-23-19(21)18-12-14-6-2-5-9-17(14)24-18/h2-9,18H,10-12H2,1H3/t18-/m0/s1. The summed E-state index contributed by atoms with van der Waals surface area (Å²) in [5.41, 5.74) is 1.72. The number of carbonyl (C=O) groups is 2. The van der Waals surface area contributed by atoms with Gasteiger partial charge < -0.3 is 9.47 Å². The Hall–Kier alpha value is -2.27. The van der Waals surface area contributed by atoms with Gasteiger partial charge in [-0.2, -0.15) is 0 Å². The summed E-state index contributed by atoms with van der Waals surface area (Å²) in [5.74, 6) is 0.242. The first-order valence-corrected chi connectivity index (χ1v) is 8.67. The predicted octanol–water partition coefficient (Wildman–Crippen LogP) is 3.53. The van der Waals surface area contributed by atoms with E-state index >= 15 is 0 Å². The lowest BCUT2D eigenvalue weighted by Gasteiger charge is -2.11. The van der Waals surface area contributed by atoms with E-state index in [1.807, 2.05) is 24.3 Å². The van der Waals surface area contributed by atoms with Crippen molar-refractivity contribution in [2.45, 2.75) is 23.5 Å². The van der Waals surface area contributed by atoms with E-state index in [-0.39, 0.29) is 30.2 Å². The number of thioether (sulfide) groups is 1. The molecular weight excluding hydrogens is 324 g/mol. The number of ether oxygens (including phenoxy) is 2. The van der Waals surface area contributed by atoms with Crippen LogP contribution in [-0.4, -0.2) is 30.2 Å². The van der Waals surface area contributed by atoms with Crippen LogP contribution in [0.2, 0.25) is 0 Å². The number of Topliss-reactive ketones (excluding diaryl/α,β-unsaturated/α-hetero) is 1. The van der Waals surface area contributed by atoms with Crippen LogP contribution < -0.4 is 4.74 Å². The maximum Gasteiger partial charge on any atom is 0.319 e. The minimum atomic E-state index is -0.223. The third-order valence-electron chi connectivity index (χ3n) is 3.76. The van der Waals surface area contributed by atoms with E-state index in [2.05, 4.69) is 0 Å². The molecule has 4 nitrogen and oxygen atoms in total. The van der Waals surface area contributed by atoms with Gasteiger partial charge in [-0.3, -0.25) is 9.59 Å². The number of ketones is 1. The van der Waals surface area contributed by atoms with Crippen molar-refractivity contribution in [3.63, 3.8) is 0 Å². The second-order valence-electron chi connectivity index (χ2n) is 5.49. The molecule has 2 aromatic carbocycles. The second kappa shape index (κ2) is 7.53. The Kier molecular flexibility index (Phi) is 5.20. The van der Waals surface area contributed by atoms with Crippen LogP contribution in [0.1, 0.15) is 22.8 Å². The summed E-state index contributed by atoms with van der Waals surface area (Å²) in [6.07, 6.45) is 0.702. The first-order chi connectivity index (χ1) is 11.6. The molecule has 0 aromatic heterocycles. The first-order valence-electron chi connectivity index (χ1n) is 7.79. The fraction of sp³-hybridized carbons (Fsp3) is 0.263. The monoisotopic (exact) mass is 342 g/mol. The third-order valence-corrected chi connectivity index (χ3v) is 5.06. The number of esters is 1. The Morgan fingerprint density at radius 1 is 1.08 bits per heavy atom. The molecule has 1 atom stereocenters. The van der Waals surface area contributed by atoms with Crippen molar-refractivity contribution in [1.29, 1.82) is 0 Å². The molecule has 0 bridgehead atoms. The van der Waals surface area contributed by atoms with Gasteiger partial charge in [-0.05, 0) is 37.1 Å². The summed E-state index contributed by atoms with van der Waals surface area (Å²) in [6, 6.07) is 15.1. The van der Waals surface area contributed by atoms with E-state index in [4.69, 9.17) is 9.47 Å². The lowest BCUT2D eigenvalue weighted by Crippen LogP contribution is -2.22. The molecule has 5 heteroatoms. The summed E-state index contributed by atoms with van der Waals surface area (Å²) in [5, 5.41) is -0.188. The van der Waals surface area contributed by atoms with Crippen LogP contribution >= 0.6 is 11.8 Å². The van der Waals surface area contributed by atoms with Gasteiger partial charge in [0, 0.05) is 4.90 Å². The summed E-state index contributed by atoms with van der Waals surface area (Å²) in [4.78, 5) is 24.8. The molecule has 0 saturated carbocycles. The molecule has 0 radical (unpaired) electrons. The fourth-order valence-corrected chi connectivity index (χ4v) is 3.78. The number of fused-ring (bicyclic) bond motifs is 1. The van der Waals surface area contributed by atoms with Crippen molar-refractivity contribution in [1.82, 2.24) is 0 Å². The number of hydrogen-bond acceptors (Lipinski definition) is 5. The Morgan fingerprint density at radius 2 is 1.83 bits per heavy atom. The molecule has 1 aliphatic rings. The number of hydrogen-bond donors (Lipinski definition) is 0. The van der Waals surface area contributed by atoms with Gasteiger partial charge >= 0.3 is 5.97 Å². The lowest BCUT2D eigenvalue weighted by atomic mass is 10.1. The maximum atomic E-state index is 12.1. The van der Waals surface area contributed by atoms with Crippen molar-refractivity contribution in [3.8, 4) is 5.75 Å². The smallest absolute Gasteiger partial charge is 0.319 e. The highest BCUT2D eigenvalue weighted by Crippen LogP contribution is 2.37. The lowest BCUT2D eigenvalue weighted by molar-refractivity contribution is -0.143. The van der Waals surface area contributed by atoms with Crippen LogP contribution in [-0.2, 0) is 16.0 Å². The van der Waals surface area contributed by atoms with Gasteiger partial charge in [0.2, 0.25) is 0 Å². The summed E-state index contributed by atoms with van der Waals surface area (Å²) < 4.78 is 10.9. The van der Waals surface area contributed by atoms with Crippen LogP contribution in [0, 0.1) is 0 Å². The summed E-state index contributed by atoms with van der Waals surface area (Å²) in [7, 11) is 0. The average molecular weight is 342 g/mol. The van der Waals surface area contributed by atoms with Gasteiger partial charge in [-0.1, -0.05) is 30.3 Å². The van der Waals surface area contributed by atoms with E-state index in [1.54, 1.807) is 36.0 Å². The van der Waals surface area contributed by atoms with Gasteiger partial charge in [-0.15, -0.1) is 11.8 Å². The highest BCUT2D eigenvalue weighted by atomic mass is 32.2. The van der Waals surface area contributed by atoms with E-state index in [9.17, 15) is 9.59 Å². The van der Waals surface area contributed by atoms with Gasteiger partial charge in [0.05, 0.1) is 5.56 Å². The molecule has 3 rings (SSSR count). The molecule has 124 valence electrons. The van der Waals surface area contributed by atoms with E-state index < -0.39 is 0 Å². The molecule has 0 saturated heterocycles. The molecule has 0 amide bonds. The van der Waals surface area contributed by atoms with Crippen molar-refractivity contribution in [3.05, 3.63) is 59.7 Å². The molecule has 0 fully saturated rings. The molecule has 1 aliphatic heterocycles. The van der Waals surface area contributed by atoms with Gasteiger partial charge in [0.1, 0.15) is 24.2 Å². The zero-order valence-corrected chi connectivity index (χ0v) is 14.2. The summed E-state index contributed by atoms with van der Waals surface area (Å²) in [6.45, 7) is 1.88. The highest BCUT2D eigenvalue weighted by Gasteiger charge is 2.29. The van der Waals surface area contributed by atoms with Crippen LogP contribution in [0.15, 0.2) is 53.4 Å². The topological polar surface area (TPSA) is 52.6 Å². The van der Waals surface area contributed by atoms with E-state index in [1.165, 1.54) is 12.5 Å². The quantitative estimate of drug-likeness (QED) is 0.457. The molecule has 1 heterocycles. The SMILES string of the molecule is CC(=O)c1ccccc1OCCOC(=O)[C@@H]1Cc2ccccc2S1. The third kappa shape index (κ3) is 3.79. The first kappa shape index (κ1) is 16.6. The fourth-order valence-electron chi connectivity index (χ4n) is 2.58.